The fourth-order valence-corrected chi connectivity index (χ4v) is 2.24. The minimum Gasteiger partial charge on any atom is -0.380 e. The van der Waals surface area contributed by atoms with Gasteiger partial charge in [-0.2, -0.15) is 0 Å². The molecule has 0 aliphatic rings. The molecule has 0 spiro atoms. The van der Waals surface area contributed by atoms with E-state index in [-0.39, 0.29) is 0 Å². The highest BCUT2D eigenvalue weighted by atomic mass is 32.1. The average molecular weight is 213 g/mol. The van der Waals surface area contributed by atoms with Gasteiger partial charge in [-0.25, -0.2) is 0 Å². The van der Waals surface area contributed by atoms with E-state index in [0.717, 1.165) is 26.3 Å². The highest BCUT2D eigenvalue weighted by Crippen LogP contribution is 2.16. The lowest BCUT2D eigenvalue weighted by molar-refractivity contribution is 0.120. The Morgan fingerprint density at radius 3 is 2.86 bits per heavy atom. The van der Waals surface area contributed by atoms with Gasteiger partial charge in [-0.3, -0.25) is 4.90 Å². The van der Waals surface area contributed by atoms with E-state index in [2.05, 4.69) is 30.3 Å². The number of thiophene rings is 1. The van der Waals surface area contributed by atoms with Crippen LogP contribution in [0.2, 0.25) is 0 Å². The molecule has 14 heavy (non-hydrogen) atoms. The first-order valence-corrected chi connectivity index (χ1v) is 5.91. The molecule has 0 aliphatic carbocycles. The maximum atomic E-state index is 5.32. The summed E-state index contributed by atoms with van der Waals surface area (Å²) in [4.78, 5) is 3.76. The van der Waals surface area contributed by atoms with Crippen LogP contribution in [0, 0.1) is 6.92 Å². The summed E-state index contributed by atoms with van der Waals surface area (Å²) >= 11 is 1.83. The van der Waals surface area contributed by atoms with E-state index in [9.17, 15) is 0 Å². The Bertz CT molecular complexity index is 260. The predicted molar refractivity (Wildman–Crippen MR) is 61.9 cm³/mol. The van der Waals surface area contributed by atoms with Crippen LogP contribution in [-0.2, 0) is 11.3 Å². The van der Waals surface area contributed by atoms with Crippen molar-refractivity contribution >= 4 is 11.3 Å². The Kier molecular flexibility index (Phi) is 5.15. The molecule has 80 valence electrons. The average Bonchev–Trinajstić information content (AvgIpc) is 2.52. The smallest absolute Gasteiger partial charge is 0.0593 e. The second kappa shape index (κ2) is 6.17. The van der Waals surface area contributed by atoms with Crippen LogP contribution < -0.4 is 0 Å². The highest BCUT2D eigenvalue weighted by Gasteiger charge is 2.03. The first-order valence-electron chi connectivity index (χ1n) is 5.03. The van der Waals surface area contributed by atoms with Crippen molar-refractivity contribution in [2.24, 2.45) is 0 Å². The topological polar surface area (TPSA) is 12.5 Å². The van der Waals surface area contributed by atoms with Gasteiger partial charge in [0, 0.05) is 24.6 Å². The first-order chi connectivity index (χ1) is 6.74. The van der Waals surface area contributed by atoms with E-state index in [1.54, 1.807) is 0 Å². The van der Waals surface area contributed by atoms with Gasteiger partial charge in [0.2, 0.25) is 0 Å². The molecule has 1 rings (SSSR count). The number of likely N-dealkylation sites (N-methyl/N-ethyl adjacent to an activating group) is 1. The van der Waals surface area contributed by atoms with Gasteiger partial charge < -0.3 is 4.74 Å². The third-order valence-electron chi connectivity index (χ3n) is 2.20. The zero-order chi connectivity index (χ0) is 10.4. The molecule has 0 fully saturated rings. The molecule has 0 bridgehead atoms. The summed E-state index contributed by atoms with van der Waals surface area (Å²) in [6, 6.07) is 2.18. The van der Waals surface area contributed by atoms with E-state index >= 15 is 0 Å². The molecule has 0 atom stereocenters. The van der Waals surface area contributed by atoms with E-state index in [0.29, 0.717) is 0 Å². The molecule has 1 aromatic heterocycles. The Morgan fingerprint density at radius 2 is 2.29 bits per heavy atom. The monoisotopic (exact) mass is 213 g/mol. The van der Waals surface area contributed by atoms with Crippen molar-refractivity contribution < 1.29 is 4.74 Å². The third-order valence-corrected chi connectivity index (χ3v) is 3.21. The minimum absolute atomic E-state index is 0.811. The van der Waals surface area contributed by atoms with Crippen LogP contribution in [0.1, 0.15) is 17.4 Å². The second-order valence-corrected chi connectivity index (χ2v) is 4.46. The molecular weight excluding hydrogens is 194 g/mol. The second-order valence-electron chi connectivity index (χ2n) is 3.46. The van der Waals surface area contributed by atoms with Crippen molar-refractivity contribution in [3.8, 4) is 0 Å². The van der Waals surface area contributed by atoms with E-state index < -0.39 is 0 Å². The van der Waals surface area contributed by atoms with E-state index in [1.165, 1.54) is 10.4 Å². The number of ether oxygens (including phenoxy) is 1. The molecule has 0 aromatic carbocycles. The summed E-state index contributed by atoms with van der Waals surface area (Å²) in [5, 5.41) is 2.15. The molecule has 0 radical (unpaired) electrons. The Hall–Kier alpha value is -0.380. The van der Waals surface area contributed by atoms with Gasteiger partial charge in [0.1, 0.15) is 0 Å². The van der Waals surface area contributed by atoms with Crippen molar-refractivity contribution in [3.05, 3.63) is 21.9 Å². The molecular formula is C11H19NOS. The fourth-order valence-electron chi connectivity index (χ4n) is 1.26. The van der Waals surface area contributed by atoms with Crippen LogP contribution >= 0.6 is 11.3 Å². The Morgan fingerprint density at radius 1 is 1.50 bits per heavy atom. The number of nitrogens with zero attached hydrogens (tertiary/aromatic N) is 1. The summed E-state index contributed by atoms with van der Waals surface area (Å²) in [6.45, 7) is 7.89. The van der Waals surface area contributed by atoms with E-state index in [4.69, 9.17) is 4.74 Å². The quantitative estimate of drug-likeness (QED) is 0.673. The van der Waals surface area contributed by atoms with Gasteiger partial charge in [0.25, 0.3) is 0 Å². The van der Waals surface area contributed by atoms with Crippen molar-refractivity contribution in [2.75, 3.05) is 26.8 Å². The molecule has 1 aromatic rings. The Balaban J connectivity index is 2.27. The standard InChI is InChI=1S/C11H19NOS/c1-4-13-7-6-12(3)9-11-10(2)5-8-14-11/h5,8H,4,6-7,9H2,1-3H3. The van der Waals surface area contributed by atoms with Crippen molar-refractivity contribution in [1.29, 1.82) is 0 Å². The number of rotatable bonds is 6. The summed E-state index contributed by atoms with van der Waals surface area (Å²) in [5.41, 5.74) is 1.40. The van der Waals surface area contributed by atoms with Crippen LogP contribution in [0.25, 0.3) is 0 Å². The third kappa shape index (κ3) is 3.78. The molecule has 3 heteroatoms. The van der Waals surface area contributed by atoms with Crippen molar-refractivity contribution in [2.45, 2.75) is 20.4 Å². The molecule has 0 N–H and O–H groups in total. The molecule has 0 saturated carbocycles. The van der Waals surface area contributed by atoms with Crippen molar-refractivity contribution in [3.63, 3.8) is 0 Å². The lowest BCUT2D eigenvalue weighted by Gasteiger charge is -2.15. The Labute approximate surface area is 90.5 Å². The van der Waals surface area contributed by atoms with Gasteiger partial charge in [-0.15, -0.1) is 11.3 Å². The summed E-state index contributed by atoms with van der Waals surface area (Å²) < 4.78 is 5.32. The van der Waals surface area contributed by atoms with Crippen LogP contribution in [0.4, 0.5) is 0 Å². The molecule has 0 amide bonds. The van der Waals surface area contributed by atoms with E-state index in [1.807, 2.05) is 18.3 Å². The lowest BCUT2D eigenvalue weighted by Crippen LogP contribution is -2.22. The molecule has 1 heterocycles. The zero-order valence-electron chi connectivity index (χ0n) is 9.25. The normalized spacial score (nSPS) is 11.1. The summed E-state index contributed by atoms with van der Waals surface area (Å²) in [7, 11) is 2.14. The van der Waals surface area contributed by atoms with Gasteiger partial charge in [-0.05, 0) is 37.9 Å². The highest BCUT2D eigenvalue weighted by molar-refractivity contribution is 7.10. The van der Waals surface area contributed by atoms with Gasteiger partial charge in [-0.1, -0.05) is 0 Å². The van der Waals surface area contributed by atoms with Gasteiger partial charge in [0.05, 0.1) is 6.61 Å². The minimum atomic E-state index is 0.811. The number of hydrogen-bond acceptors (Lipinski definition) is 3. The van der Waals surface area contributed by atoms with Crippen LogP contribution in [0.15, 0.2) is 11.4 Å². The SMILES string of the molecule is CCOCCN(C)Cc1sccc1C. The maximum absolute atomic E-state index is 5.32. The number of hydrogen-bond donors (Lipinski definition) is 0. The van der Waals surface area contributed by atoms with Gasteiger partial charge >= 0.3 is 0 Å². The molecule has 0 unspecified atom stereocenters. The predicted octanol–water partition coefficient (Wildman–Crippen LogP) is 2.52. The van der Waals surface area contributed by atoms with Crippen LogP contribution in [0.5, 0.6) is 0 Å². The zero-order valence-corrected chi connectivity index (χ0v) is 10.1. The molecule has 0 aliphatic heterocycles. The molecule has 2 nitrogen and oxygen atoms in total. The van der Waals surface area contributed by atoms with Crippen LogP contribution in [-0.4, -0.2) is 31.7 Å². The lowest BCUT2D eigenvalue weighted by atomic mass is 10.3. The molecule has 0 saturated heterocycles. The maximum Gasteiger partial charge on any atom is 0.0593 e. The summed E-state index contributed by atoms with van der Waals surface area (Å²) in [6.07, 6.45) is 0. The first kappa shape index (κ1) is 11.7. The van der Waals surface area contributed by atoms with Crippen molar-refractivity contribution in [1.82, 2.24) is 4.90 Å². The van der Waals surface area contributed by atoms with Gasteiger partial charge in [0.15, 0.2) is 0 Å². The number of aryl methyl sites for hydroxylation is 1. The fraction of sp³-hybridized carbons (Fsp3) is 0.636. The summed E-state index contributed by atoms with van der Waals surface area (Å²) in [5.74, 6) is 0. The largest absolute Gasteiger partial charge is 0.380 e. The van der Waals surface area contributed by atoms with Crippen LogP contribution in [0.3, 0.4) is 0 Å².